The zero-order chi connectivity index (χ0) is 23.8. The van der Waals surface area contributed by atoms with E-state index in [0.717, 1.165) is 33.4 Å². The maximum absolute atomic E-state index is 12.1. The summed E-state index contributed by atoms with van der Waals surface area (Å²) in [5.41, 5.74) is 7.60. The third-order valence-electron chi connectivity index (χ3n) is 5.48. The number of nitrogens with one attached hydrogen (secondary N) is 2. The highest BCUT2D eigenvalue weighted by Gasteiger charge is 2.13. The van der Waals surface area contributed by atoms with E-state index >= 15 is 0 Å². The molecule has 0 bridgehead atoms. The monoisotopic (exact) mass is 452 g/mol. The maximum atomic E-state index is 12.1. The van der Waals surface area contributed by atoms with Crippen LogP contribution in [0.4, 0.5) is 0 Å². The van der Waals surface area contributed by atoms with E-state index in [0.29, 0.717) is 30.9 Å². The van der Waals surface area contributed by atoms with E-state index in [9.17, 15) is 9.59 Å². The Labute approximate surface area is 197 Å². The lowest BCUT2D eigenvalue weighted by Gasteiger charge is -2.13. The molecule has 6 nitrogen and oxygen atoms in total. The van der Waals surface area contributed by atoms with Gasteiger partial charge in [-0.3, -0.25) is 14.8 Å². The molecule has 0 aromatic heterocycles. The van der Waals surface area contributed by atoms with Crippen molar-refractivity contribution in [2.45, 2.75) is 13.1 Å². The lowest BCUT2D eigenvalue weighted by molar-refractivity contribution is -0.120. The van der Waals surface area contributed by atoms with Gasteiger partial charge in [-0.25, -0.2) is 5.48 Å². The largest absolute Gasteiger partial charge is 0.428 e. The summed E-state index contributed by atoms with van der Waals surface area (Å²) in [6, 6.07) is 30.6. The van der Waals surface area contributed by atoms with Gasteiger partial charge in [-0.15, -0.1) is 0 Å². The zero-order valence-electron chi connectivity index (χ0n) is 18.4. The van der Waals surface area contributed by atoms with Gasteiger partial charge in [0.15, 0.2) is 0 Å². The third-order valence-corrected chi connectivity index (χ3v) is 5.48. The van der Waals surface area contributed by atoms with E-state index in [1.165, 1.54) is 0 Å². The Kier molecular flexibility index (Phi) is 7.45. The van der Waals surface area contributed by atoms with E-state index in [1.807, 2.05) is 84.9 Å². The van der Waals surface area contributed by atoms with Gasteiger partial charge in [0.2, 0.25) is 0 Å². The summed E-state index contributed by atoms with van der Waals surface area (Å²) in [5, 5.41) is 12.5. The lowest BCUT2D eigenvalue weighted by Crippen LogP contribution is -2.20. The van der Waals surface area contributed by atoms with Crippen LogP contribution in [-0.2, 0) is 17.9 Å². The van der Waals surface area contributed by atoms with Gasteiger partial charge in [0.05, 0.1) is 0 Å². The molecule has 4 aromatic rings. The number of benzene rings is 4. The van der Waals surface area contributed by atoms with Crippen LogP contribution in [0.5, 0.6) is 5.75 Å². The maximum Gasteiger partial charge on any atom is 0.298 e. The van der Waals surface area contributed by atoms with E-state index < -0.39 is 5.91 Å². The van der Waals surface area contributed by atoms with Crippen LogP contribution >= 0.6 is 0 Å². The molecule has 3 N–H and O–H groups in total. The Morgan fingerprint density at radius 3 is 1.91 bits per heavy atom. The SMILES string of the molecule is O=COc1ccc(CNCc2ccc(C(=O)NO)c(-c3ccccc3)c2)cc1-c1ccccc1. The first-order valence-electron chi connectivity index (χ1n) is 10.8. The van der Waals surface area contributed by atoms with E-state index in [2.05, 4.69) is 5.32 Å². The number of hydroxylamine groups is 1. The zero-order valence-corrected chi connectivity index (χ0v) is 18.4. The average molecular weight is 453 g/mol. The van der Waals surface area contributed by atoms with Gasteiger partial charge in [0.1, 0.15) is 5.75 Å². The first-order valence-corrected chi connectivity index (χ1v) is 10.8. The van der Waals surface area contributed by atoms with Crippen molar-refractivity contribution in [1.29, 1.82) is 0 Å². The fraction of sp³-hybridized carbons (Fsp3) is 0.0714. The van der Waals surface area contributed by atoms with Crippen molar-refractivity contribution >= 4 is 12.4 Å². The van der Waals surface area contributed by atoms with Gasteiger partial charge in [-0.1, -0.05) is 72.8 Å². The lowest BCUT2D eigenvalue weighted by atomic mass is 9.96. The molecular formula is C28H24N2O4. The standard InChI is InChI=1S/C28H24N2O4/c31-19-34-27-14-12-21(16-26(27)23-9-5-2-6-10-23)18-29-17-20-11-13-24(28(32)30-33)25(15-20)22-7-3-1-4-8-22/h1-16,19,29,33H,17-18H2,(H,30,32). The highest BCUT2D eigenvalue weighted by Crippen LogP contribution is 2.31. The van der Waals surface area contributed by atoms with Crippen LogP contribution in [0.2, 0.25) is 0 Å². The fourth-order valence-electron chi connectivity index (χ4n) is 3.85. The molecule has 4 aromatic carbocycles. The van der Waals surface area contributed by atoms with Crippen molar-refractivity contribution in [3.05, 3.63) is 114 Å². The summed E-state index contributed by atoms with van der Waals surface area (Å²) in [6.45, 7) is 1.61. The minimum absolute atomic E-state index is 0.399. The second kappa shape index (κ2) is 11.0. The molecule has 0 atom stereocenters. The highest BCUT2D eigenvalue weighted by atomic mass is 16.5. The van der Waals surface area contributed by atoms with Crippen LogP contribution in [-0.4, -0.2) is 17.6 Å². The predicted molar refractivity (Wildman–Crippen MR) is 130 cm³/mol. The molecule has 0 radical (unpaired) electrons. The van der Waals surface area contributed by atoms with Crippen LogP contribution in [0.3, 0.4) is 0 Å². The second-order valence-corrected chi connectivity index (χ2v) is 7.70. The smallest absolute Gasteiger partial charge is 0.298 e. The van der Waals surface area contributed by atoms with Crippen LogP contribution in [0.25, 0.3) is 22.3 Å². The topological polar surface area (TPSA) is 87.7 Å². The number of ether oxygens (including phenoxy) is 1. The van der Waals surface area contributed by atoms with E-state index in [1.54, 1.807) is 17.6 Å². The predicted octanol–water partition coefficient (Wildman–Crippen LogP) is 4.96. The van der Waals surface area contributed by atoms with Crippen LogP contribution < -0.4 is 15.5 Å². The number of rotatable bonds is 9. The quantitative estimate of drug-likeness (QED) is 0.190. The van der Waals surface area contributed by atoms with Crippen LogP contribution in [0.15, 0.2) is 97.1 Å². The van der Waals surface area contributed by atoms with Gasteiger partial charge in [-0.05, 0) is 52.1 Å². The minimum Gasteiger partial charge on any atom is -0.428 e. The van der Waals surface area contributed by atoms with Crippen molar-refractivity contribution in [3.63, 3.8) is 0 Å². The molecule has 4 rings (SSSR count). The molecule has 0 saturated heterocycles. The Bertz CT molecular complexity index is 1270. The molecule has 6 heteroatoms. The summed E-state index contributed by atoms with van der Waals surface area (Å²) in [6.07, 6.45) is 0. The van der Waals surface area contributed by atoms with Crippen LogP contribution in [0.1, 0.15) is 21.5 Å². The first kappa shape index (κ1) is 22.9. The Hall–Kier alpha value is -4.26. The molecule has 0 spiro atoms. The minimum atomic E-state index is -0.551. The molecule has 0 aliphatic heterocycles. The Morgan fingerprint density at radius 2 is 1.32 bits per heavy atom. The van der Waals surface area contributed by atoms with Crippen molar-refractivity contribution in [1.82, 2.24) is 10.8 Å². The Balaban J connectivity index is 1.52. The van der Waals surface area contributed by atoms with Crippen molar-refractivity contribution < 1.29 is 19.5 Å². The van der Waals surface area contributed by atoms with Gasteiger partial charge in [0, 0.05) is 24.2 Å². The van der Waals surface area contributed by atoms with E-state index in [-0.39, 0.29) is 0 Å². The number of hydrogen-bond donors (Lipinski definition) is 3. The summed E-state index contributed by atoms with van der Waals surface area (Å²) in [4.78, 5) is 23.0. The summed E-state index contributed by atoms with van der Waals surface area (Å²) < 4.78 is 5.16. The summed E-state index contributed by atoms with van der Waals surface area (Å²) in [7, 11) is 0. The second-order valence-electron chi connectivity index (χ2n) is 7.70. The molecule has 0 fully saturated rings. The molecule has 170 valence electrons. The Morgan fingerprint density at radius 1 is 0.765 bits per heavy atom. The third kappa shape index (κ3) is 5.38. The van der Waals surface area contributed by atoms with E-state index in [4.69, 9.17) is 9.94 Å². The molecule has 34 heavy (non-hydrogen) atoms. The first-order chi connectivity index (χ1) is 16.7. The number of amides is 1. The molecule has 0 heterocycles. The van der Waals surface area contributed by atoms with Gasteiger partial charge < -0.3 is 10.1 Å². The van der Waals surface area contributed by atoms with Crippen LogP contribution in [0, 0.1) is 0 Å². The molecule has 0 aliphatic carbocycles. The molecule has 0 saturated carbocycles. The summed E-state index contributed by atoms with van der Waals surface area (Å²) in [5.74, 6) is -0.0420. The van der Waals surface area contributed by atoms with Gasteiger partial charge in [-0.2, -0.15) is 0 Å². The number of hydrogen-bond acceptors (Lipinski definition) is 5. The average Bonchev–Trinajstić information content (AvgIpc) is 2.90. The molecule has 0 aliphatic rings. The number of carbonyl (C=O) groups excluding carboxylic acids is 2. The van der Waals surface area contributed by atoms with Crippen molar-refractivity contribution in [2.75, 3.05) is 0 Å². The molecule has 1 amide bonds. The van der Waals surface area contributed by atoms with Gasteiger partial charge in [0.25, 0.3) is 12.4 Å². The molecular weight excluding hydrogens is 428 g/mol. The normalized spacial score (nSPS) is 10.5. The molecule has 0 unspecified atom stereocenters. The highest BCUT2D eigenvalue weighted by molar-refractivity contribution is 6.00. The van der Waals surface area contributed by atoms with Crippen molar-refractivity contribution in [3.8, 4) is 28.0 Å². The summed E-state index contributed by atoms with van der Waals surface area (Å²) >= 11 is 0. The number of carbonyl (C=O) groups is 2. The fourth-order valence-corrected chi connectivity index (χ4v) is 3.85. The van der Waals surface area contributed by atoms with Gasteiger partial charge >= 0.3 is 0 Å². The van der Waals surface area contributed by atoms with Crippen molar-refractivity contribution in [2.24, 2.45) is 0 Å².